The Bertz CT molecular complexity index is 1650. The largest absolute Gasteiger partial charge is 0.462 e. The first-order chi connectivity index (χ1) is 38.6. The molecule has 0 saturated carbocycles. The first-order valence-corrected chi connectivity index (χ1v) is 32.4. The Hall–Kier alpha value is -4.22. The fourth-order valence-electron chi connectivity index (χ4n) is 8.79. The molecular weight excluding hydrogens is 957 g/mol. The molecule has 5 heteroatoms. The minimum atomic E-state index is -0.786. The number of carbonyl (C=O) groups excluding carboxylic acids is 2. The van der Waals surface area contributed by atoms with Gasteiger partial charge >= 0.3 is 11.9 Å². The molecule has 1 unspecified atom stereocenters. The number of aliphatic hydroxyl groups is 1. The second-order valence-corrected chi connectivity index (χ2v) is 21.1. The summed E-state index contributed by atoms with van der Waals surface area (Å²) in [5, 5.41) is 9.68. The molecule has 0 spiro atoms. The molecule has 0 saturated heterocycles. The van der Waals surface area contributed by atoms with Crippen LogP contribution in [0.15, 0.2) is 146 Å². The summed E-state index contributed by atoms with van der Waals surface area (Å²) in [5.74, 6) is -0.600. The van der Waals surface area contributed by atoms with Crippen molar-refractivity contribution < 1.29 is 24.2 Å². The Morgan fingerprint density at radius 2 is 0.551 bits per heavy atom. The van der Waals surface area contributed by atoms with E-state index >= 15 is 0 Å². The Morgan fingerprint density at radius 3 is 0.833 bits per heavy atom. The van der Waals surface area contributed by atoms with Crippen LogP contribution in [0.25, 0.3) is 0 Å². The van der Waals surface area contributed by atoms with E-state index in [1.54, 1.807) is 0 Å². The molecule has 5 nitrogen and oxygen atoms in total. The van der Waals surface area contributed by atoms with Crippen LogP contribution in [0.5, 0.6) is 0 Å². The van der Waals surface area contributed by atoms with Gasteiger partial charge in [0.15, 0.2) is 6.10 Å². The van der Waals surface area contributed by atoms with Gasteiger partial charge in [-0.05, 0) is 122 Å². The summed E-state index contributed by atoms with van der Waals surface area (Å²) in [6.07, 6.45) is 101. The van der Waals surface area contributed by atoms with E-state index in [0.717, 1.165) is 109 Å². The average Bonchev–Trinajstić information content (AvgIpc) is 3.44. The summed E-state index contributed by atoms with van der Waals surface area (Å²) in [7, 11) is 0. The van der Waals surface area contributed by atoms with E-state index in [1.807, 2.05) is 0 Å². The molecule has 0 aliphatic rings. The normalized spacial score (nSPS) is 13.2. The van der Waals surface area contributed by atoms with Crippen molar-refractivity contribution in [2.75, 3.05) is 13.2 Å². The van der Waals surface area contributed by atoms with Crippen molar-refractivity contribution >= 4 is 11.9 Å². The maximum Gasteiger partial charge on any atom is 0.306 e. The minimum Gasteiger partial charge on any atom is -0.462 e. The fourth-order valence-corrected chi connectivity index (χ4v) is 8.79. The van der Waals surface area contributed by atoms with Gasteiger partial charge in [0.05, 0.1) is 6.61 Å². The average molecular weight is 1080 g/mol. The standard InChI is InChI=1S/C73H120O5/c1-3-5-7-9-11-13-15-17-19-21-23-25-27-29-30-31-32-33-34-35-36-37-38-39-40-41-42-44-46-48-50-52-54-56-58-60-62-64-66-68-73(76)78-71(69-74)70-77-72(75)67-65-63-61-59-57-55-53-51-49-47-45-43-28-26-24-22-20-18-16-14-12-10-8-6-4-2/h5,7,11,13,16-19,22-25,28-30,32-33,35-36,38-39,41-43,71,74H,3-4,6,8-10,12,14-15,20-21,26-27,31,34,37,40,44-70H2,1-2H3/b7-5-,13-11-,18-16-,19-17-,24-22-,25-23-,30-29-,33-32-,36-35-,39-38-,42-41-,43-28-. The molecule has 1 atom stereocenters. The Morgan fingerprint density at radius 1 is 0.308 bits per heavy atom. The van der Waals surface area contributed by atoms with Gasteiger partial charge in [-0.1, -0.05) is 295 Å². The van der Waals surface area contributed by atoms with Gasteiger partial charge in [-0.15, -0.1) is 0 Å². The molecule has 442 valence electrons. The van der Waals surface area contributed by atoms with Crippen LogP contribution >= 0.6 is 0 Å². The molecule has 0 fully saturated rings. The number of hydrogen-bond acceptors (Lipinski definition) is 5. The minimum absolute atomic E-state index is 0.0756. The number of ether oxygens (including phenoxy) is 2. The number of esters is 2. The fraction of sp³-hybridized carbons (Fsp3) is 0.644. The van der Waals surface area contributed by atoms with Crippen molar-refractivity contribution in [3.63, 3.8) is 0 Å². The maximum atomic E-state index is 12.3. The van der Waals surface area contributed by atoms with Crippen molar-refractivity contribution in [2.45, 2.75) is 290 Å². The molecule has 0 rings (SSSR count). The van der Waals surface area contributed by atoms with Crippen LogP contribution < -0.4 is 0 Å². The third-order valence-corrected chi connectivity index (χ3v) is 13.6. The number of carbonyl (C=O) groups is 2. The third kappa shape index (κ3) is 64.3. The van der Waals surface area contributed by atoms with Crippen molar-refractivity contribution in [1.82, 2.24) is 0 Å². The summed E-state index contributed by atoms with van der Waals surface area (Å²) in [6, 6.07) is 0. The molecule has 0 amide bonds. The number of aliphatic hydroxyl groups excluding tert-OH is 1. The Kier molecular flexibility index (Phi) is 63.4. The first kappa shape index (κ1) is 73.8. The zero-order valence-electron chi connectivity index (χ0n) is 50.6. The lowest BCUT2D eigenvalue weighted by Gasteiger charge is -2.15. The van der Waals surface area contributed by atoms with Crippen molar-refractivity contribution in [3.05, 3.63) is 146 Å². The van der Waals surface area contributed by atoms with Gasteiger partial charge in [0.2, 0.25) is 0 Å². The third-order valence-electron chi connectivity index (χ3n) is 13.6. The molecule has 0 bridgehead atoms. The topological polar surface area (TPSA) is 72.8 Å². The van der Waals surface area contributed by atoms with Crippen molar-refractivity contribution in [3.8, 4) is 0 Å². The van der Waals surface area contributed by atoms with Crippen LogP contribution in [0.3, 0.4) is 0 Å². The molecule has 78 heavy (non-hydrogen) atoms. The molecule has 0 aromatic heterocycles. The molecule has 0 radical (unpaired) electrons. The summed E-state index contributed by atoms with van der Waals surface area (Å²) >= 11 is 0. The highest BCUT2D eigenvalue weighted by atomic mass is 16.6. The number of allylic oxidation sites excluding steroid dienone is 24. The van der Waals surface area contributed by atoms with E-state index in [9.17, 15) is 14.7 Å². The Balaban J connectivity index is 3.56. The lowest BCUT2D eigenvalue weighted by molar-refractivity contribution is -0.161. The zero-order chi connectivity index (χ0) is 56.2. The van der Waals surface area contributed by atoms with Gasteiger partial charge in [0, 0.05) is 12.8 Å². The second kappa shape index (κ2) is 67.1. The lowest BCUT2D eigenvalue weighted by atomic mass is 10.0. The molecule has 0 aromatic rings. The van der Waals surface area contributed by atoms with Gasteiger partial charge in [0.25, 0.3) is 0 Å². The van der Waals surface area contributed by atoms with Gasteiger partial charge in [-0.2, -0.15) is 0 Å². The lowest BCUT2D eigenvalue weighted by Crippen LogP contribution is -2.28. The second-order valence-electron chi connectivity index (χ2n) is 21.1. The Labute approximate surface area is 482 Å². The monoisotopic (exact) mass is 1080 g/mol. The predicted octanol–water partition coefficient (Wildman–Crippen LogP) is 22.5. The van der Waals surface area contributed by atoms with Crippen molar-refractivity contribution in [1.29, 1.82) is 0 Å². The van der Waals surface area contributed by atoms with Crippen LogP contribution in [0.2, 0.25) is 0 Å². The molecule has 1 N–H and O–H groups in total. The van der Waals surface area contributed by atoms with E-state index in [2.05, 4.69) is 160 Å². The van der Waals surface area contributed by atoms with Crippen LogP contribution in [-0.4, -0.2) is 36.4 Å². The summed E-state index contributed by atoms with van der Waals surface area (Å²) < 4.78 is 10.7. The van der Waals surface area contributed by atoms with E-state index < -0.39 is 6.10 Å². The molecular formula is C73H120O5. The van der Waals surface area contributed by atoms with Crippen LogP contribution in [0.4, 0.5) is 0 Å². The van der Waals surface area contributed by atoms with E-state index in [0.29, 0.717) is 12.8 Å². The van der Waals surface area contributed by atoms with Crippen molar-refractivity contribution in [2.24, 2.45) is 0 Å². The quantitative estimate of drug-likeness (QED) is 0.0373. The van der Waals surface area contributed by atoms with Gasteiger partial charge in [-0.25, -0.2) is 0 Å². The molecule has 0 aliphatic heterocycles. The molecule has 0 heterocycles. The zero-order valence-corrected chi connectivity index (χ0v) is 50.6. The molecule has 0 aliphatic carbocycles. The number of hydrogen-bond donors (Lipinski definition) is 1. The SMILES string of the molecule is CC/C=C\C/C=C\C/C=C\C/C=C\C/C=C\C/C=C\C/C=C\C/C=C\C/C=C\CCCCCCCCCCCCCC(=O)OC(CO)COC(=O)CCCCCCCCCCCC/C=C\C/C=C\C/C=C\CCCCCCC. The number of rotatable bonds is 58. The van der Waals surface area contributed by atoms with Crippen LogP contribution in [0.1, 0.15) is 284 Å². The van der Waals surface area contributed by atoms with Gasteiger partial charge in [-0.3, -0.25) is 9.59 Å². The van der Waals surface area contributed by atoms with Gasteiger partial charge in [0.1, 0.15) is 6.61 Å². The summed E-state index contributed by atoms with van der Waals surface area (Å²) in [6.45, 7) is 4.02. The van der Waals surface area contributed by atoms with E-state index in [-0.39, 0.29) is 25.2 Å². The molecule has 0 aromatic carbocycles. The van der Waals surface area contributed by atoms with E-state index in [1.165, 1.54) is 148 Å². The maximum absolute atomic E-state index is 12.3. The summed E-state index contributed by atoms with van der Waals surface area (Å²) in [4.78, 5) is 24.6. The highest BCUT2D eigenvalue weighted by Crippen LogP contribution is 2.15. The van der Waals surface area contributed by atoms with E-state index in [4.69, 9.17) is 9.47 Å². The van der Waals surface area contributed by atoms with Crippen LogP contribution in [0, 0.1) is 0 Å². The highest BCUT2D eigenvalue weighted by molar-refractivity contribution is 5.70. The first-order valence-electron chi connectivity index (χ1n) is 32.4. The smallest absolute Gasteiger partial charge is 0.306 e. The summed E-state index contributed by atoms with van der Waals surface area (Å²) in [5.41, 5.74) is 0. The highest BCUT2D eigenvalue weighted by Gasteiger charge is 2.16. The van der Waals surface area contributed by atoms with Gasteiger partial charge < -0.3 is 14.6 Å². The van der Waals surface area contributed by atoms with Crippen LogP contribution in [-0.2, 0) is 19.1 Å². The predicted molar refractivity (Wildman–Crippen MR) is 343 cm³/mol. The number of unbranched alkanes of at least 4 members (excludes halogenated alkanes) is 26.